The van der Waals surface area contributed by atoms with E-state index in [1.54, 1.807) is 6.07 Å². The zero-order valence-corrected chi connectivity index (χ0v) is 18.1. The van der Waals surface area contributed by atoms with E-state index in [9.17, 15) is 5.11 Å². The summed E-state index contributed by atoms with van der Waals surface area (Å²) in [5.74, 6) is 1.18. The quantitative estimate of drug-likeness (QED) is 0.285. The van der Waals surface area contributed by atoms with Crippen LogP contribution in [0.25, 0.3) is 33.1 Å². The third-order valence-electron chi connectivity index (χ3n) is 5.84. The molecule has 0 radical (unpaired) electrons. The van der Waals surface area contributed by atoms with E-state index in [4.69, 9.17) is 9.26 Å². The molecular weight excluding hydrogens is 400 g/mol. The molecular formula is C27H26N2O3. The maximum atomic E-state index is 9.99. The van der Waals surface area contributed by atoms with Gasteiger partial charge >= 0.3 is 0 Å². The number of rotatable bonds is 8. The molecule has 0 atom stereocenters. The molecule has 0 aliphatic heterocycles. The van der Waals surface area contributed by atoms with Crippen molar-refractivity contribution in [1.82, 2.24) is 9.72 Å². The van der Waals surface area contributed by atoms with Crippen LogP contribution in [0.3, 0.4) is 0 Å². The van der Waals surface area contributed by atoms with Crippen LogP contribution in [-0.4, -0.2) is 21.4 Å². The van der Waals surface area contributed by atoms with Gasteiger partial charge in [0.25, 0.3) is 0 Å². The van der Waals surface area contributed by atoms with Crippen LogP contribution in [0.4, 0.5) is 0 Å². The summed E-state index contributed by atoms with van der Waals surface area (Å²) in [6.07, 6.45) is 4.74. The van der Waals surface area contributed by atoms with E-state index in [1.807, 2.05) is 66.9 Å². The van der Waals surface area contributed by atoms with Crippen LogP contribution in [0.1, 0.15) is 25.3 Å². The highest BCUT2D eigenvalue weighted by Gasteiger charge is 2.17. The normalized spacial score (nSPS) is 11.4. The second kappa shape index (κ2) is 8.79. The van der Waals surface area contributed by atoms with Gasteiger partial charge in [-0.1, -0.05) is 54.9 Å². The Morgan fingerprint density at radius 3 is 2.69 bits per heavy atom. The van der Waals surface area contributed by atoms with Crippen LogP contribution in [0.5, 0.6) is 11.5 Å². The van der Waals surface area contributed by atoms with Crippen LogP contribution in [0, 0.1) is 0 Å². The van der Waals surface area contributed by atoms with Crippen molar-refractivity contribution >= 4 is 21.9 Å². The average molecular weight is 427 g/mol. The fourth-order valence-electron chi connectivity index (χ4n) is 4.29. The number of benzene rings is 3. The summed E-state index contributed by atoms with van der Waals surface area (Å²) >= 11 is 0. The minimum atomic E-state index is 0.317. The molecule has 3 aromatic carbocycles. The monoisotopic (exact) mass is 426 g/mol. The maximum absolute atomic E-state index is 9.99. The molecule has 162 valence electrons. The topological polar surface area (TPSA) is 60.4 Å². The number of nitrogens with zero attached hydrogens (tertiary/aromatic N) is 2. The lowest BCUT2D eigenvalue weighted by Crippen LogP contribution is -2.05. The van der Waals surface area contributed by atoms with Gasteiger partial charge in [-0.05, 0) is 43.2 Å². The van der Waals surface area contributed by atoms with E-state index < -0.39 is 0 Å². The van der Waals surface area contributed by atoms with Crippen LogP contribution >= 0.6 is 0 Å². The summed E-state index contributed by atoms with van der Waals surface area (Å²) in [5, 5.41) is 16.3. The van der Waals surface area contributed by atoms with Gasteiger partial charge in [0.15, 0.2) is 5.58 Å². The van der Waals surface area contributed by atoms with Crippen molar-refractivity contribution in [1.29, 1.82) is 0 Å². The molecule has 32 heavy (non-hydrogen) atoms. The largest absolute Gasteiger partial charge is 0.507 e. The molecule has 2 aromatic heterocycles. The van der Waals surface area contributed by atoms with Gasteiger partial charge in [0, 0.05) is 29.3 Å². The fraction of sp³-hybridized carbons (Fsp3) is 0.222. The van der Waals surface area contributed by atoms with Gasteiger partial charge in [-0.25, -0.2) is 0 Å². The number of aromatic nitrogens is 2. The number of hydrogen-bond acceptors (Lipinski definition) is 4. The molecule has 0 saturated heterocycles. The Kier molecular flexibility index (Phi) is 5.55. The number of ether oxygens (including phenoxy) is 1. The molecule has 0 saturated carbocycles. The fourth-order valence-corrected chi connectivity index (χ4v) is 4.29. The highest BCUT2D eigenvalue weighted by atomic mass is 16.5. The first kappa shape index (κ1) is 20.2. The first-order chi connectivity index (χ1) is 15.8. The number of aryl methyl sites for hydroxylation is 2. The molecule has 0 aliphatic carbocycles. The van der Waals surface area contributed by atoms with Crippen LogP contribution in [0.15, 0.2) is 77.4 Å². The predicted octanol–water partition coefficient (Wildman–Crippen LogP) is 6.58. The van der Waals surface area contributed by atoms with Gasteiger partial charge in [-0.3, -0.25) is 0 Å². The smallest absolute Gasteiger partial charge is 0.174 e. The van der Waals surface area contributed by atoms with Crippen LogP contribution in [-0.2, 0) is 13.0 Å². The van der Waals surface area contributed by atoms with Crippen molar-refractivity contribution in [2.24, 2.45) is 0 Å². The highest BCUT2D eigenvalue weighted by Crippen LogP contribution is 2.35. The number of phenolic OH excluding ortho intramolecular Hbond substituents is 1. The molecule has 2 heterocycles. The van der Waals surface area contributed by atoms with Crippen molar-refractivity contribution in [3.05, 3.63) is 78.5 Å². The summed E-state index contributed by atoms with van der Waals surface area (Å²) in [4.78, 5) is 0. The van der Waals surface area contributed by atoms with Crippen molar-refractivity contribution in [2.45, 2.75) is 32.7 Å². The standard InChI is InChI=1S/C27H26N2O3/c1-2-8-21-25(14-13-22-26(28-32-27(21)22)19-9-4-3-5-10-19)31-18-7-16-29-17-15-20-23(29)11-6-12-24(20)30/h3-6,9-15,17,30H,2,7-8,16,18H2,1H3. The van der Waals surface area contributed by atoms with Gasteiger partial charge in [-0.2, -0.15) is 0 Å². The lowest BCUT2D eigenvalue weighted by Gasteiger charge is -2.12. The Bertz CT molecular complexity index is 1350. The lowest BCUT2D eigenvalue weighted by molar-refractivity contribution is 0.299. The summed E-state index contributed by atoms with van der Waals surface area (Å²) < 4.78 is 14.1. The Morgan fingerprint density at radius 2 is 1.84 bits per heavy atom. The molecule has 0 spiro atoms. The zero-order chi connectivity index (χ0) is 21.9. The first-order valence-corrected chi connectivity index (χ1v) is 11.1. The van der Waals surface area contributed by atoms with E-state index in [-0.39, 0.29) is 0 Å². The molecule has 0 unspecified atom stereocenters. The Morgan fingerprint density at radius 1 is 0.969 bits per heavy atom. The molecule has 1 N–H and O–H groups in total. The lowest BCUT2D eigenvalue weighted by atomic mass is 10.0. The van der Waals surface area contributed by atoms with Crippen molar-refractivity contribution in [2.75, 3.05) is 6.61 Å². The molecule has 0 bridgehead atoms. The summed E-state index contributed by atoms with van der Waals surface area (Å²) in [5.41, 5.74) is 4.85. The Labute approximate surface area is 186 Å². The Balaban J connectivity index is 1.33. The maximum Gasteiger partial charge on any atom is 0.174 e. The van der Waals surface area contributed by atoms with E-state index in [2.05, 4.69) is 16.6 Å². The van der Waals surface area contributed by atoms with Gasteiger partial charge in [0.05, 0.1) is 17.5 Å². The molecule has 0 aliphatic rings. The Hall–Kier alpha value is -3.73. The first-order valence-electron chi connectivity index (χ1n) is 11.1. The number of fused-ring (bicyclic) bond motifs is 2. The van der Waals surface area contributed by atoms with E-state index in [0.717, 1.165) is 70.2 Å². The molecule has 0 amide bonds. The third kappa shape index (κ3) is 3.71. The summed E-state index contributed by atoms with van der Waals surface area (Å²) in [6, 6.07) is 21.8. The molecule has 5 nitrogen and oxygen atoms in total. The zero-order valence-electron chi connectivity index (χ0n) is 18.1. The summed E-state index contributed by atoms with van der Waals surface area (Å²) in [6.45, 7) is 3.57. The van der Waals surface area contributed by atoms with E-state index in [0.29, 0.717) is 12.4 Å². The van der Waals surface area contributed by atoms with Crippen molar-refractivity contribution < 1.29 is 14.4 Å². The molecule has 5 aromatic rings. The second-order valence-electron chi connectivity index (χ2n) is 7.99. The van der Waals surface area contributed by atoms with Gasteiger partial charge in [0.1, 0.15) is 17.2 Å². The van der Waals surface area contributed by atoms with E-state index >= 15 is 0 Å². The SMILES string of the molecule is CCCc1c(OCCCn2ccc3c(O)cccc32)ccc2c(-c3ccccc3)noc12. The number of hydrogen-bond donors (Lipinski definition) is 1. The molecule has 5 heteroatoms. The minimum Gasteiger partial charge on any atom is -0.507 e. The average Bonchev–Trinajstić information content (AvgIpc) is 3.44. The minimum absolute atomic E-state index is 0.317. The van der Waals surface area contributed by atoms with Gasteiger partial charge in [0.2, 0.25) is 0 Å². The summed E-state index contributed by atoms with van der Waals surface area (Å²) in [7, 11) is 0. The molecule has 0 fully saturated rings. The number of phenols is 1. The van der Waals surface area contributed by atoms with Crippen molar-refractivity contribution in [3.63, 3.8) is 0 Å². The van der Waals surface area contributed by atoms with E-state index in [1.165, 1.54) is 0 Å². The van der Waals surface area contributed by atoms with Crippen molar-refractivity contribution in [3.8, 4) is 22.8 Å². The van der Waals surface area contributed by atoms with Gasteiger partial charge in [-0.15, -0.1) is 0 Å². The molecule has 5 rings (SSSR count). The van der Waals surface area contributed by atoms with Gasteiger partial charge < -0.3 is 18.9 Å². The van der Waals surface area contributed by atoms with Crippen LogP contribution < -0.4 is 4.74 Å². The number of aromatic hydroxyl groups is 1. The highest BCUT2D eigenvalue weighted by molar-refractivity contribution is 5.94. The second-order valence-corrected chi connectivity index (χ2v) is 7.99. The van der Waals surface area contributed by atoms with Crippen LogP contribution in [0.2, 0.25) is 0 Å². The predicted molar refractivity (Wildman–Crippen MR) is 127 cm³/mol. The third-order valence-corrected chi connectivity index (χ3v) is 5.84.